The Morgan fingerprint density at radius 3 is 2.15 bits per heavy atom. The SMILES string of the molecule is O=C(O)C[C@H](C(=O)O)c1ccc(C2CCCCC2)cc1. The van der Waals surface area contributed by atoms with Gasteiger partial charge in [-0.25, -0.2) is 0 Å². The fourth-order valence-corrected chi connectivity index (χ4v) is 2.96. The van der Waals surface area contributed by atoms with Gasteiger partial charge in [-0.2, -0.15) is 0 Å². The summed E-state index contributed by atoms with van der Waals surface area (Å²) in [6.45, 7) is 0. The van der Waals surface area contributed by atoms with E-state index in [9.17, 15) is 9.59 Å². The van der Waals surface area contributed by atoms with Gasteiger partial charge in [-0.15, -0.1) is 0 Å². The van der Waals surface area contributed by atoms with Gasteiger partial charge in [0.1, 0.15) is 0 Å². The molecule has 0 aromatic heterocycles. The Morgan fingerprint density at radius 1 is 1.05 bits per heavy atom. The summed E-state index contributed by atoms with van der Waals surface area (Å²) in [6.07, 6.45) is 5.81. The average Bonchev–Trinajstić information content (AvgIpc) is 2.45. The van der Waals surface area contributed by atoms with Gasteiger partial charge in [0, 0.05) is 0 Å². The first-order valence-electron chi connectivity index (χ1n) is 7.12. The average molecular weight is 276 g/mol. The van der Waals surface area contributed by atoms with Gasteiger partial charge < -0.3 is 10.2 Å². The number of carbonyl (C=O) groups is 2. The predicted octanol–water partition coefficient (Wildman–Crippen LogP) is 3.38. The molecule has 0 radical (unpaired) electrons. The van der Waals surface area contributed by atoms with E-state index in [1.807, 2.05) is 12.1 Å². The number of hydrogen-bond acceptors (Lipinski definition) is 2. The molecule has 4 nitrogen and oxygen atoms in total. The number of aliphatic carboxylic acids is 2. The van der Waals surface area contributed by atoms with Crippen molar-refractivity contribution in [3.05, 3.63) is 35.4 Å². The van der Waals surface area contributed by atoms with Gasteiger partial charge in [-0.05, 0) is 29.9 Å². The number of rotatable bonds is 5. The van der Waals surface area contributed by atoms with E-state index in [2.05, 4.69) is 0 Å². The molecule has 1 atom stereocenters. The summed E-state index contributed by atoms with van der Waals surface area (Å²) >= 11 is 0. The van der Waals surface area contributed by atoms with E-state index in [1.165, 1.54) is 37.7 Å². The van der Waals surface area contributed by atoms with Crippen LogP contribution in [0.3, 0.4) is 0 Å². The molecule has 0 unspecified atom stereocenters. The van der Waals surface area contributed by atoms with Gasteiger partial charge in [-0.3, -0.25) is 9.59 Å². The van der Waals surface area contributed by atoms with Crippen molar-refractivity contribution in [1.29, 1.82) is 0 Å². The van der Waals surface area contributed by atoms with Crippen LogP contribution in [0.2, 0.25) is 0 Å². The number of carboxylic acid groups (broad SMARTS) is 2. The summed E-state index contributed by atoms with van der Waals surface area (Å²) in [6, 6.07) is 7.46. The molecule has 2 N–H and O–H groups in total. The largest absolute Gasteiger partial charge is 0.481 e. The van der Waals surface area contributed by atoms with Crippen molar-refractivity contribution in [2.45, 2.75) is 50.4 Å². The monoisotopic (exact) mass is 276 g/mol. The van der Waals surface area contributed by atoms with Crippen LogP contribution in [0, 0.1) is 0 Å². The molecule has 0 spiro atoms. The van der Waals surface area contributed by atoms with Crippen LogP contribution in [0.5, 0.6) is 0 Å². The second-order valence-electron chi connectivity index (χ2n) is 5.49. The fourth-order valence-electron chi connectivity index (χ4n) is 2.96. The first-order chi connectivity index (χ1) is 9.58. The highest BCUT2D eigenvalue weighted by Gasteiger charge is 2.23. The molecule has 0 aliphatic heterocycles. The summed E-state index contributed by atoms with van der Waals surface area (Å²) in [5.41, 5.74) is 1.81. The van der Waals surface area contributed by atoms with Crippen molar-refractivity contribution < 1.29 is 19.8 Å². The molecule has 4 heteroatoms. The third-order valence-electron chi connectivity index (χ3n) is 4.09. The van der Waals surface area contributed by atoms with Gasteiger partial charge in [0.05, 0.1) is 12.3 Å². The second kappa shape index (κ2) is 6.55. The molecule has 20 heavy (non-hydrogen) atoms. The van der Waals surface area contributed by atoms with Crippen molar-refractivity contribution in [2.24, 2.45) is 0 Å². The molecule has 1 aromatic rings. The van der Waals surface area contributed by atoms with E-state index in [0.29, 0.717) is 11.5 Å². The minimum Gasteiger partial charge on any atom is -0.481 e. The lowest BCUT2D eigenvalue weighted by molar-refractivity contribution is -0.145. The summed E-state index contributed by atoms with van der Waals surface area (Å²) in [5.74, 6) is -2.57. The summed E-state index contributed by atoms with van der Waals surface area (Å²) in [5, 5.41) is 17.9. The first-order valence-corrected chi connectivity index (χ1v) is 7.12. The van der Waals surface area contributed by atoms with Crippen LogP contribution < -0.4 is 0 Å². The molecule has 0 bridgehead atoms. The maximum absolute atomic E-state index is 11.2. The lowest BCUT2D eigenvalue weighted by Gasteiger charge is -2.22. The van der Waals surface area contributed by atoms with Crippen molar-refractivity contribution in [3.63, 3.8) is 0 Å². The van der Waals surface area contributed by atoms with Crippen LogP contribution in [-0.4, -0.2) is 22.2 Å². The lowest BCUT2D eigenvalue weighted by atomic mass is 9.83. The Hall–Kier alpha value is -1.84. The molecule has 1 aliphatic carbocycles. The predicted molar refractivity (Wildman–Crippen MR) is 74.9 cm³/mol. The molecule has 2 rings (SSSR count). The molecule has 0 saturated heterocycles. The third kappa shape index (κ3) is 3.59. The maximum atomic E-state index is 11.2. The van der Waals surface area contributed by atoms with E-state index in [0.717, 1.165) is 0 Å². The lowest BCUT2D eigenvalue weighted by Crippen LogP contribution is -2.16. The van der Waals surface area contributed by atoms with E-state index < -0.39 is 17.9 Å². The third-order valence-corrected chi connectivity index (χ3v) is 4.09. The zero-order chi connectivity index (χ0) is 14.5. The molecular weight excluding hydrogens is 256 g/mol. The van der Waals surface area contributed by atoms with Crippen LogP contribution in [0.15, 0.2) is 24.3 Å². The first kappa shape index (κ1) is 14.6. The van der Waals surface area contributed by atoms with Crippen LogP contribution in [0.25, 0.3) is 0 Å². The minimum atomic E-state index is -1.09. The smallest absolute Gasteiger partial charge is 0.311 e. The Bertz CT molecular complexity index is 472. The Balaban J connectivity index is 2.12. The highest BCUT2D eigenvalue weighted by Crippen LogP contribution is 2.33. The Labute approximate surface area is 118 Å². The van der Waals surface area contributed by atoms with Crippen LogP contribution in [0.1, 0.15) is 61.5 Å². The standard InChI is InChI=1S/C16H20O4/c17-15(18)10-14(16(19)20)13-8-6-12(7-9-13)11-4-2-1-3-5-11/h6-9,11,14H,1-5,10H2,(H,17,18)(H,19,20)/t14-/m0/s1. The number of benzene rings is 1. The van der Waals surface area contributed by atoms with Crippen molar-refractivity contribution >= 4 is 11.9 Å². The van der Waals surface area contributed by atoms with Gasteiger partial charge >= 0.3 is 11.9 Å². The maximum Gasteiger partial charge on any atom is 0.311 e. The molecule has 0 heterocycles. The molecule has 1 fully saturated rings. The van der Waals surface area contributed by atoms with Crippen LogP contribution >= 0.6 is 0 Å². The summed E-state index contributed by atoms with van der Waals surface area (Å²) in [4.78, 5) is 21.9. The molecule has 108 valence electrons. The van der Waals surface area contributed by atoms with E-state index >= 15 is 0 Å². The van der Waals surface area contributed by atoms with Gasteiger partial charge in [0.25, 0.3) is 0 Å². The fraction of sp³-hybridized carbons (Fsp3) is 0.500. The Morgan fingerprint density at radius 2 is 1.65 bits per heavy atom. The quantitative estimate of drug-likeness (QED) is 0.864. The normalized spacial score (nSPS) is 17.6. The zero-order valence-corrected chi connectivity index (χ0v) is 11.4. The highest BCUT2D eigenvalue weighted by atomic mass is 16.4. The molecule has 1 aliphatic rings. The molecule has 1 aromatic carbocycles. The Kier molecular flexibility index (Phi) is 4.77. The minimum absolute atomic E-state index is 0.377. The van der Waals surface area contributed by atoms with Gasteiger partial charge in [-0.1, -0.05) is 43.5 Å². The summed E-state index contributed by atoms with van der Waals surface area (Å²) < 4.78 is 0. The van der Waals surface area contributed by atoms with Crippen LogP contribution in [0.4, 0.5) is 0 Å². The van der Waals surface area contributed by atoms with Crippen molar-refractivity contribution in [2.75, 3.05) is 0 Å². The van der Waals surface area contributed by atoms with Crippen molar-refractivity contribution in [1.82, 2.24) is 0 Å². The van der Waals surface area contributed by atoms with Gasteiger partial charge in [0.15, 0.2) is 0 Å². The van der Waals surface area contributed by atoms with E-state index in [1.54, 1.807) is 12.1 Å². The number of carboxylic acids is 2. The highest BCUT2D eigenvalue weighted by molar-refractivity contribution is 5.82. The summed E-state index contributed by atoms with van der Waals surface area (Å²) in [7, 11) is 0. The van der Waals surface area contributed by atoms with E-state index in [-0.39, 0.29) is 6.42 Å². The second-order valence-corrected chi connectivity index (χ2v) is 5.49. The van der Waals surface area contributed by atoms with Crippen molar-refractivity contribution in [3.8, 4) is 0 Å². The zero-order valence-electron chi connectivity index (χ0n) is 11.4. The molecular formula is C16H20O4. The molecule has 1 saturated carbocycles. The van der Waals surface area contributed by atoms with Crippen LogP contribution in [-0.2, 0) is 9.59 Å². The number of hydrogen-bond donors (Lipinski definition) is 2. The molecule has 0 amide bonds. The van der Waals surface area contributed by atoms with Gasteiger partial charge in [0.2, 0.25) is 0 Å². The topological polar surface area (TPSA) is 74.6 Å². The van der Waals surface area contributed by atoms with E-state index in [4.69, 9.17) is 10.2 Å².